The van der Waals surface area contributed by atoms with Gasteiger partial charge in [0.05, 0.1) is 16.8 Å². The summed E-state index contributed by atoms with van der Waals surface area (Å²) in [6.07, 6.45) is 4.11. The number of carbonyl (C=O) groups is 2. The van der Waals surface area contributed by atoms with Crippen LogP contribution in [0.25, 0.3) is 0 Å². The molecule has 1 aliphatic heterocycles. The van der Waals surface area contributed by atoms with Crippen molar-refractivity contribution in [2.75, 3.05) is 30.0 Å². The second-order valence-corrected chi connectivity index (χ2v) is 9.51. The van der Waals surface area contributed by atoms with E-state index in [1.165, 1.54) is 0 Å². The van der Waals surface area contributed by atoms with Crippen LogP contribution in [-0.2, 0) is 19.7 Å². The van der Waals surface area contributed by atoms with Gasteiger partial charge >= 0.3 is 5.97 Å². The van der Waals surface area contributed by atoms with Gasteiger partial charge in [-0.05, 0) is 49.3 Å². The molecule has 2 aliphatic rings. The van der Waals surface area contributed by atoms with Crippen LogP contribution in [0.5, 0.6) is 0 Å². The standard InChI is InChI=1S/C24H36N2O4/c1-16(2)15-26(19-8-12-30-13-9-19)21-7-6-18(24(23(28)29)10-5-11-24)14-20(21)25-22(27)17(3)4/h6-7,14,16-17,19H,5,8-13,15H2,1-4H3,(H,25,27)(H,28,29). The summed E-state index contributed by atoms with van der Waals surface area (Å²) in [7, 11) is 0. The number of amides is 1. The molecule has 1 aromatic carbocycles. The van der Waals surface area contributed by atoms with Crippen molar-refractivity contribution in [1.29, 1.82) is 0 Å². The Morgan fingerprint density at radius 1 is 1.20 bits per heavy atom. The van der Waals surface area contributed by atoms with Crippen LogP contribution in [-0.4, -0.2) is 42.8 Å². The molecule has 0 unspecified atom stereocenters. The fraction of sp³-hybridized carbons (Fsp3) is 0.667. The minimum Gasteiger partial charge on any atom is -0.481 e. The van der Waals surface area contributed by atoms with Crippen LogP contribution >= 0.6 is 0 Å². The summed E-state index contributed by atoms with van der Waals surface area (Å²) in [5.41, 5.74) is 1.68. The number of hydrogen-bond acceptors (Lipinski definition) is 4. The van der Waals surface area contributed by atoms with E-state index in [9.17, 15) is 14.7 Å². The summed E-state index contributed by atoms with van der Waals surface area (Å²) in [5, 5.41) is 13.0. The Hall–Kier alpha value is -2.08. The zero-order valence-corrected chi connectivity index (χ0v) is 18.7. The molecule has 6 heteroatoms. The van der Waals surface area contributed by atoms with Gasteiger partial charge in [0.1, 0.15) is 0 Å². The number of aliphatic carboxylic acids is 1. The number of carboxylic acids is 1. The first-order valence-corrected chi connectivity index (χ1v) is 11.3. The monoisotopic (exact) mass is 416 g/mol. The van der Waals surface area contributed by atoms with Gasteiger partial charge < -0.3 is 20.1 Å². The minimum atomic E-state index is -0.822. The summed E-state index contributed by atoms with van der Waals surface area (Å²) in [6, 6.07) is 6.24. The Morgan fingerprint density at radius 3 is 2.37 bits per heavy atom. The van der Waals surface area contributed by atoms with Gasteiger partial charge in [0, 0.05) is 31.7 Å². The summed E-state index contributed by atoms with van der Waals surface area (Å²) in [6.45, 7) is 10.5. The summed E-state index contributed by atoms with van der Waals surface area (Å²) < 4.78 is 5.57. The van der Waals surface area contributed by atoms with Crippen molar-refractivity contribution >= 4 is 23.3 Å². The lowest BCUT2D eigenvalue weighted by molar-refractivity contribution is -0.147. The Labute approximate surface area is 180 Å². The first-order chi connectivity index (χ1) is 14.2. The third-order valence-corrected chi connectivity index (χ3v) is 6.45. The lowest BCUT2D eigenvalue weighted by Crippen LogP contribution is -2.43. The van der Waals surface area contributed by atoms with Gasteiger partial charge in [0.2, 0.25) is 5.91 Å². The largest absolute Gasteiger partial charge is 0.481 e. The topological polar surface area (TPSA) is 78.9 Å². The van der Waals surface area contributed by atoms with Crippen molar-refractivity contribution in [2.24, 2.45) is 11.8 Å². The highest BCUT2D eigenvalue weighted by molar-refractivity contribution is 5.96. The van der Waals surface area contributed by atoms with E-state index in [4.69, 9.17) is 4.74 Å². The smallest absolute Gasteiger partial charge is 0.314 e. The molecule has 3 rings (SSSR count). The molecule has 1 heterocycles. The van der Waals surface area contributed by atoms with Crippen molar-refractivity contribution in [3.63, 3.8) is 0 Å². The molecule has 1 aromatic rings. The van der Waals surface area contributed by atoms with Crippen molar-refractivity contribution in [1.82, 2.24) is 0 Å². The number of nitrogens with one attached hydrogen (secondary N) is 1. The van der Waals surface area contributed by atoms with Crippen LogP contribution in [0.2, 0.25) is 0 Å². The number of hydrogen-bond donors (Lipinski definition) is 2. The van der Waals surface area contributed by atoms with Crippen LogP contribution in [0.15, 0.2) is 18.2 Å². The molecular formula is C24H36N2O4. The molecule has 0 bridgehead atoms. The molecule has 166 valence electrons. The number of ether oxygens (including phenoxy) is 1. The molecule has 30 heavy (non-hydrogen) atoms. The maximum atomic E-state index is 12.6. The second kappa shape index (κ2) is 9.38. The number of carboxylic acid groups (broad SMARTS) is 1. The molecule has 2 N–H and O–H groups in total. The number of benzene rings is 1. The molecule has 0 radical (unpaired) electrons. The Balaban J connectivity index is 2.03. The number of anilines is 2. The van der Waals surface area contributed by atoms with Crippen LogP contribution in [0.4, 0.5) is 11.4 Å². The van der Waals surface area contributed by atoms with E-state index in [1.54, 1.807) is 0 Å². The van der Waals surface area contributed by atoms with Crippen molar-refractivity contribution in [3.8, 4) is 0 Å². The van der Waals surface area contributed by atoms with Crippen molar-refractivity contribution < 1.29 is 19.4 Å². The van der Waals surface area contributed by atoms with E-state index in [1.807, 2.05) is 32.0 Å². The first-order valence-electron chi connectivity index (χ1n) is 11.3. The highest BCUT2D eigenvalue weighted by atomic mass is 16.5. The van der Waals surface area contributed by atoms with Gasteiger partial charge in [-0.2, -0.15) is 0 Å². The second-order valence-electron chi connectivity index (χ2n) is 9.51. The van der Waals surface area contributed by atoms with Gasteiger partial charge in [0.25, 0.3) is 0 Å². The average Bonchev–Trinajstić information content (AvgIpc) is 2.66. The lowest BCUT2D eigenvalue weighted by atomic mass is 9.64. The third-order valence-electron chi connectivity index (χ3n) is 6.45. The first kappa shape index (κ1) is 22.6. The minimum absolute atomic E-state index is 0.0529. The van der Waals surface area contributed by atoms with Crippen LogP contribution in [0, 0.1) is 11.8 Å². The maximum Gasteiger partial charge on any atom is 0.314 e. The molecule has 6 nitrogen and oxygen atoms in total. The fourth-order valence-electron chi connectivity index (χ4n) is 4.45. The molecule has 0 atom stereocenters. The quantitative estimate of drug-likeness (QED) is 0.655. The van der Waals surface area contributed by atoms with E-state index in [-0.39, 0.29) is 11.8 Å². The molecule has 1 saturated heterocycles. The van der Waals surface area contributed by atoms with E-state index in [2.05, 4.69) is 24.1 Å². The maximum absolute atomic E-state index is 12.6. The van der Waals surface area contributed by atoms with Gasteiger partial charge in [-0.1, -0.05) is 40.2 Å². The zero-order chi connectivity index (χ0) is 21.9. The summed E-state index contributed by atoms with van der Waals surface area (Å²) >= 11 is 0. The van der Waals surface area contributed by atoms with Crippen LogP contribution < -0.4 is 10.2 Å². The third kappa shape index (κ3) is 4.64. The number of rotatable bonds is 8. The van der Waals surface area contributed by atoms with Crippen molar-refractivity contribution in [2.45, 2.75) is 71.3 Å². The van der Waals surface area contributed by atoms with Crippen LogP contribution in [0.3, 0.4) is 0 Å². The molecule has 1 aliphatic carbocycles. The molecule has 1 saturated carbocycles. The van der Waals surface area contributed by atoms with E-state index in [0.29, 0.717) is 24.8 Å². The lowest BCUT2D eigenvalue weighted by Gasteiger charge is -2.41. The SMILES string of the molecule is CC(C)CN(c1ccc(C2(C(=O)O)CCC2)cc1NC(=O)C(C)C)C1CCOCC1. The fourth-order valence-corrected chi connectivity index (χ4v) is 4.45. The van der Waals surface area contributed by atoms with Crippen molar-refractivity contribution in [3.05, 3.63) is 23.8 Å². The molecular weight excluding hydrogens is 380 g/mol. The van der Waals surface area contributed by atoms with E-state index in [0.717, 1.165) is 56.0 Å². The summed E-state index contributed by atoms with van der Waals surface area (Å²) in [5.74, 6) is -0.521. The molecule has 1 amide bonds. The average molecular weight is 417 g/mol. The predicted molar refractivity (Wildman–Crippen MR) is 119 cm³/mol. The Bertz CT molecular complexity index is 764. The highest BCUT2D eigenvalue weighted by Gasteiger charge is 2.46. The number of carbonyl (C=O) groups excluding carboxylic acids is 1. The molecule has 2 fully saturated rings. The predicted octanol–water partition coefficient (Wildman–Crippen LogP) is 4.43. The Morgan fingerprint density at radius 2 is 1.87 bits per heavy atom. The molecule has 0 spiro atoms. The Kier molecular flexibility index (Phi) is 7.06. The van der Waals surface area contributed by atoms with Gasteiger partial charge in [-0.15, -0.1) is 0 Å². The number of nitrogens with zero attached hydrogens (tertiary/aromatic N) is 1. The van der Waals surface area contributed by atoms with E-state index >= 15 is 0 Å². The van der Waals surface area contributed by atoms with Gasteiger partial charge in [-0.25, -0.2) is 0 Å². The highest BCUT2D eigenvalue weighted by Crippen LogP contribution is 2.46. The zero-order valence-electron chi connectivity index (χ0n) is 18.7. The normalized spacial score (nSPS) is 18.9. The van der Waals surface area contributed by atoms with Crippen LogP contribution in [0.1, 0.15) is 65.4 Å². The molecule has 0 aromatic heterocycles. The van der Waals surface area contributed by atoms with Gasteiger partial charge in [0.15, 0.2) is 0 Å². The van der Waals surface area contributed by atoms with Gasteiger partial charge in [-0.3, -0.25) is 9.59 Å². The summed E-state index contributed by atoms with van der Waals surface area (Å²) in [4.78, 5) is 27.0. The van der Waals surface area contributed by atoms with E-state index < -0.39 is 11.4 Å².